The molecule has 1 aromatic rings. The number of nitro benzene ring substituents is 1. The van der Waals surface area contributed by atoms with Gasteiger partial charge in [-0.1, -0.05) is 6.07 Å². The zero-order valence-corrected chi connectivity index (χ0v) is 12.1. The third kappa shape index (κ3) is 2.72. The molecule has 1 unspecified atom stereocenters. The first-order chi connectivity index (χ1) is 9.85. The van der Waals surface area contributed by atoms with E-state index < -0.39 is 16.8 Å². The lowest BCUT2D eigenvalue weighted by Gasteiger charge is -2.19. The van der Waals surface area contributed by atoms with Gasteiger partial charge in [-0.2, -0.15) is 0 Å². The van der Waals surface area contributed by atoms with Gasteiger partial charge in [0, 0.05) is 19.0 Å². The monoisotopic (exact) mass is 292 g/mol. The molecule has 1 saturated heterocycles. The number of anilines is 1. The maximum absolute atomic E-state index is 12.1. The van der Waals surface area contributed by atoms with Crippen molar-refractivity contribution in [2.45, 2.75) is 20.3 Å². The molecule has 1 aliphatic heterocycles. The summed E-state index contributed by atoms with van der Waals surface area (Å²) in [6.07, 6.45) is 0.0111. The summed E-state index contributed by atoms with van der Waals surface area (Å²) in [6, 6.07) is 3.21. The lowest BCUT2D eigenvalue weighted by Crippen LogP contribution is -2.27. The number of rotatable bonds is 3. The Morgan fingerprint density at radius 2 is 2.10 bits per heavy atom. The maximum Gasteiger partial charge on any atom is 0.311 e. The number of hydrogen-bond donors (Lipinski definition) is 0. The van der Waals surface area contributed by atoms with Crippen LogP contribution in [0, 0.1) is 29.9 Å². The van der Waals surface area contributed by atoms with Gasteiger partial charge in [0.05, 0.1) is 18.0 Å². The van der Waals surface area contributed by atoms with Crippen molar-refractivity contribution >= 4 is 23.3 Å². The van der Waals surface area contributed by atoms with Gasteiger partial charge >= 0.3 is 5.97 Å². The van der Waals surface area contributed by atoms with Gasteiger partial charge in [-0.25, -0.2) is 0 Å². The van der Waals surface area contributed by atoms with E-state index in [0.717, 1.165) is 5.56 Å². The summed E-state index contributed by atoms with van der Waals surface area (Å²) < 4.78 is 4.64. The highest BCUT2D eigenvalue weighted by Crippen LogP contribution is 2.36. The minimum Gasteiger partial charge on any atom is -0.469 e. The van der Waals surface area contributed by atoms with Crippen molar-refractivity contribution in [2.75, 3.05) is 18.6 Å². The van der Waals surface area contributed by atoms with Crippen LogP contribution in [-0.2, 0) is 14.3 Å². The van der Waals surface area contributed by atoms with Gasteiger partial charge in [0.25, 0.3) is 5.69 Å². The molecule has 1 heterocycles. The van der Waals surface area contributed by atoms with E-state index in [-0.39, 0.29) is 30.2 Å². The van der Waals surface area contributed by atoms with E-state index in [4.69, 9.17) is 0 Å². The minimum atomic E-state index is -0.581. The van der Waals surface area contributed by atoms with Gasteiger partial charge in [0.2, 0.25) is 5.91 Å². The molecule has 1 amide bonds. The zero-order chi connectivity index (χ0) is 15.7. The second kappa shape index (κ2) is 5.51. The Balaban J connectivity index is 2.45. The molecule has 0 aromatic heterocycles. The fourth-order valence-electron chi connectivity index (χ4n) is 2.68. The number of carbonyl (C=O) groups excluding carboxylic acids is 2. The predicted molar refractivity (Wildman–Crippen MR) is 75.0 cm³/mol. The van der Waals surface area contributed by atoms with Crippen LogP contribution in [0.4, 0.5) is 11.4 Å². The number of esters is 1. The van der Waals surface area contributed by atoms with Crippen LogP contribution in [0.1, 0.15) is 17.5 Å². The van der Waals surface area contributed by atoms with Crippen molar-refractivity contribution in [3.05, 3.63) is 33.4 Å². The first kappa shape index (κ1) is 15.0. The molecule has 1 atom stereocenters. The summed E-state index contributed by atoms with van der Waals surface area (Å²) in [5.41, 5.74) is 1.54. The number of nitro groups is 1. The Labute approximate surface area is 121 Å². The summed E-state index contributed by atoms with van der Waals surface area (Å²) in [5, 5.41) is 11.2. The highest BCUT2D eigenvalue weighted by Gasteiger charge is 2.39. The van der Waals surface area contributed by atoms with Crippen molar-refractivity contribution < 1.29 is 19.2 Å². The molecule has 21 heavy (non-hydrogen) atoms. The molecule has 0 N–H and O–H groups in total. The Morgan fingerprint density at radius 3 is 2.67 bits per heavy atom. The molecule has 1 aliphatic rings. The van der Waals surface area contributed by atoms with E-state index in [1.807, 2.05) is 0 Å². The number of nitrogens with zero attached hydrogens (tertiary/aromatic N) is 2. The zero-order valence-electron chi connectivity index (χ0n) is 12.1. The summed E-state index contributed by atoms with van der Waals surface area (Å²) in [6.45, 7) is 3.58. The fourth-order valence-corrected chi connectivity index (χ4v) is 2.68. The van der Waals surface area contributed by atoms with Crippen LogP contribution in [-0.4, -0.2) is 30.5 Å². The fraction of sp³-hybridized carbons (Fsp3) is 0.429. The van der Waals surface area contributed by atoms with Crippen molar-refractivity contribution in [1.82, 2.24) is 0 Å². The van der Waals surface area contributed by atoms with Crippen LogP contribution >= 0.6 is 0 Å². The second-order valence-corrected chi connectivity index (χ2v) is 5.14. The summed E-state index contributed by atoms with van der Waals surface area (Å²) in [7, 11) is 1.26. The maximum atomic E-state index is 12.1. The molecule has 7 heteroatoms. The Kier molecular flexibility index (Phi) is 3.93. The number of hydrogen-bond acceptors (Lipinski definition) is 5. The van der Waals surface area contributed by atoms with E-state index in [1.165, 1.54) is 18.1 Å². The molecule has 1 fully saturated rings. The quantitative estimate of drug-likeness (QED) is 0.481. The van der Waals surface area contributed by atoms with E-state index >= 15 is 0 Å². The normalized spacial score (nSPS) is 18.0. The minimum absolute atomic E-state index is 0.0111. The number of carbonyl (C=O) groups is 2. The average molecular weight is 292 g/mol. The molecule has 0 radical (unpaired) electrons. The lowest BCUT2D eigenvalue weighted by atomic mass is 10.1. The van der Waals surface area contributed by atoms with Gasteiger partial charge < -0.3 is 9.64 Å². The van der Waals surface area contributed by atoms with Crippen molar-refractivity contribution in [2.24, 2.45) is 5.92 Å². The van der Waals surface area contributed by atoms with Gasteiger partial charge in [-0.15, -0.1) is 0 Å². The van der Waals surface area contributed by atoms with Gasteiger partial charge in [-0.05, 0) is 25.0 Å². The molecule has 112 valence electrons. The van der Waals surface area contributed by atoms with Crippen molar-refractivity contribution in [3.63, 3.8) is 0 Å². The van der Waals surface area contributed by atoms with E-state index in [2.05, 4.69) is 4.74 Å². The largest absolute Gasteiger partial charge is 0.469 e. The summed E-state index contributed by atoms with van der Waals surface area (Å²) >= 11 is 0. The Hall–Kier alpha value is -2.44. The lowest BCUT2D eigenvalue weighted by molar-refractivity contribution is -0.384. The first-order valence-electron chi connectivity index (χ1n) is 6.49. The van der Waals surface area contributed by atoms with Crippen LogP contribution in [0.5, 0.6) is 0 Å². The van der Waals surface area contributed by atoms with Crippen LogP contribution in [0.3, 0.4) is 0 Å². The van der Waals surface area contributed by atoms with Crippen LogP contribution < -0.4 is 4.90 Å². The molecule has 0 aliphatic carbocycles. The summed E-state index contributed by atoms with van der Waals surface area (Å²) in [4.78, 5) is 35.7. The number of benzene rings is 1. The molecular weight excluding hydrogens is 276 g/mol. The molecule has 7 nitrogen and oxygen atoms in total. The molecule has 0 bridgehead atoms. The molecule has 1 aromatic carbocycles. The first-order valence-corrected chi connectivity index (χ1v) is 6.49. The summed E-state index contributed by atoms with van der Waals surface area (Å²) in [5.74, 6) is -1.36. The predicted octanol–water partition coefficient (Wildman–Crippen LogP) is 1.74. The van der Waals surface area contributed by atoms with E-state index in [0.29, 0.717) is 5.56 Å². The number of amides is 1. The Bertz CT molecular complexity index is 626. The smallest absolute Gasteiger partial charge is 0.311 e. The van der Waals surface area contributed by atoms with E-state index in [1.54, 1.807) is 19.9 Å². The number of methoxy groups -OCH3 is 1. The highest BCUT2D eigenvalue weighted by atomic mass is 16.6. The van der Waals surface area contributed by atoms with Crippen LogP contribution in [0.15, 0.2) is 12.1 Å². The van der Waals surface area contributed by atoms with Crippen molar-refractivity contribution in [1.29, 1.82) is 0 Å². The third-order valence-electron chi connectivity index (χ3n) is 3.55. The highest BCUT2D eigenvalue weighted by molar-refractivity contribution is 6.01. The standard InChI is InChI=1S/C14H16N2O5/c1-8-4-9(2)13(11(5-8)16(19)20)15-7-10(6-12(15)17)14(18)21-3/h4-5,10H,6-7H2,1-3H3. The second-order valence-electron chi connectivity index (χ2n) is 5.14. The molecule has 0 saturated carbocycles. The van der Waals surface area contributed by atoms with Crippen LogP contribution in [0.25, 0.3) is 0 Å². The SMILES string of the molecule is COC(=O)C1CC(=O)N(c2c(C)cc(C)cc2[N+](=O)[O-])C1. The molecule has 0 spiro atoms. The van der Waals surface area contributed by atoms with Crippen molar-refractivity contribution in [3.8, 4) is 0 Å². The van der Waals surface area contributed by atoms with Crippen LogP contribution in [0.2, 0.25) is 0 Å². The average Bonchev–Trinajstić information content (AvgIpc) is 2.78. The van der Waals surface area contributed by atoms with Gasteiger partial charge in [0.1, 0.15) is 5.69 Å². The topological polar surface area (TPSA) is 89.8 Å². The molecule has 2 rings (SSSR count). The Morgan fingerprint density at radius 1 is 1.43 bits per heavy atom. The van der Waals surface area contributed by atoms with Gasteiger partial charge in [-0.3, -0.25) is 19.7 Å². The number of aryl methyl sites for hydroxylation is 2. The number of ether oxygens (including phenoxy) is 1. The molecular formula is C14H16N2O5. The third-order valence-corrected chi connectivity index (χ3v) is 3.55. The van der Waals surface area contributed by atoms with Gasteiger partial charge in [0.15, 0.2) is 0 Å². The van der Waals surface area contributed by atoms with E-state index in [9.17, 15) is 19.7 Å².